The van der Waals surface area contributed by atoms with Crippen molar-refractivity contribution in [2.45, 2.75) is 23.8 Å². The molecule has 0 aliphatic carbocycles. The van der Waals surface area contributed by atoms with Gasteiger partial charge in [-0.15, -0.1) is 0 Å². The summed E-state index contributed by atoms with van der Waals surface area (Å²) in [5.74, 6) is -0.829. The van der Waals surface area contributed by atoms with E-state index < -0.39 is 22.0 Å². The van der Waals surface area contributed by atoms with E-state index in [1.165, 1.54) is 28.4 Å². The average Bonchev–Trinajstić information content (AvgIpc) is 2.73. The Balaban J connectivity index is 1.80. The molecule has 2 fully saturated rings. The third-order valence-electron chi connectivity index (χ3n) is 5.17. The van der Waals surface area contributed by atoms with Crippen molar-refractivity contribution >= 4 is 21.9 Å². The number of piperidine rings is 1. The first-order chi connectivity index (χ1) is 12.9. The summed E-state index contributed by atoms with van der Waals surface area (Å²) in [6.45, 7) is 1.76. The van der Waals surface area contributed by atoms with Gasteiger partial charge in [-0.1, -0.05) is 18.2 Å². The van der Waals surface area contributed by atoms with Gasteiger partial charge in [0.1, 0.15) is 6.04 Å². The maximum atomic E-state index is 12.9. The van der Waals surface area contributed by atoms with Crippen molar-refractivity contribution in [2.24, 2.45) is 5.92 Å². The number of benzene rings is 1. The molecule has 27 heavy (non-hydrogen) atoms. The number of esters is 1. The van der Waals surface area contributed by atoms with E-state index in [-0.39, 0.29) is 36.4 Å². The summed E-state index contributed by atoms with van der Waals surface area (Å²) >= 11 is 0. The summed E-state index contributed by atoms with van der Waals surface area (Å²) in [5, 5.41) is 3.21. The number of ether oxygens (including phenoxy) is 1. The van der Waals surface area contributed by atoms with Crippen LogP contribution in [-0.2, 0) is 24.3 Å². The number of amides is 1. The van der Waals surface area contributed by atoms with E-state index in [1.807, 2.05) is 0 Å². The summed E-state index contributed by atoms with van der Waals surface area (Å²) in [4.78, 5) is 26.9. The molecule has 0 spiro atoms. The minimum absolute atomic E-state index is 0.0938. The number of hydrogen-bond donors (Lipinski definition) is 1. The number of carbonyl (C=O) groups is 2. The van der Waals surface area contributed by atoms with Gasteiger partial charge in [0.15, 0.2) is 0 Å². The molecule has 1 N–H and O–H groups in total. The Morgan fingerprint density at radius 2 is 1.78 bits per heavy atom. The van der Waals surface area contributed by atoms with Crippen LogP contribution in [0, 0.1) is 5.92 Å². The maximum Gasteiger partial charge on any atom is 0.329 e. The predicted molar refractivity (Wildman–Crippen MR) is 98.3 cm³/mol. The summed E-state index contributed by atoms with van der Waals surface area (Å²) in [6, 6.07) is 7.17. The first-order valence-corrected chi connectivity index (χ1v) is 10.5. The molecule has 0 aromatic heterocycles. The van der Waals surface area contributed by atoms with Gasteiger partial charge in [0.25, 0.3) is 0 Å². The van der Waals surface area contributed by atoms with E-state index in [0.29, 0.717) is 0 Å². The quantitative estimate of drug-likeness (QED) is 0.725. The highest BCUT2D eigenvalue weighted by Gasteiger charge is 2.42. The van der Waals surface area contributed by atoms with Gasteiger partial charge in [0.2, 0.25) is 15.9 Å². The number of methoxy groups -OCH3 is 1. The maximum absolute atomic E-state index is 12.9. The van der Waals surface area contributed by atoms with Crippen LogP contribution < -0.4 is 5.32 Å². The van der Waals surface area contributed by atoms with Crippen LogP contribution in [0.15, 0.2) is 35.2 Å². The molecule has 148 valence electrons. The Kier molecular flexibility index (Phi) is 6.13. The van der Waals surface area contributed by atoms with Crippen LogP contribution in [0.3, 0.4) is 0 Å². The molecule has 2 aliphatic rings. The molecule has 1 atom stereocenters. The van der Waals surface area contributed by atoms with E-state index in [0.717, 1.165) is 25.9 Å². The minimum Gasteiger partial charge on any atom is -0.467 e. The van der Waals surface area contributed by atoms with E-state index in [2.05, 4.69) is 5.32 Å². The third kappa shape index (κ3) is 4.15. The number of hydrogen-bond acceptors (Lipinski definition) is 6. The topological polar surface area (TPSA) is 96.0 Å². The zero-order valence-electron chi connectivity index (χ0n) is 15.3. The number of rotatable bonds is 4. The smallest absolute Gasteiger partial charge is 0.329 e. The van der Waals surface area contributed by atoms with Crippen LogP contribution in [0.1, 0.15) is 12.8 Å². The molecule has 0 radical (unpaired) electrons. The van der Waals surface area contributed by atoms with Crippen LogP contribution >= 0.6 is 0 Å². The second-order valence-electron chi connectivity index (χ2n) is 6.77. The summed E-state index contributed by atoms with van der Waals surface area (Å²) in [5.41, 5.74) is 0. The Morgan fingerprint density at radius 1 is 1.11 bits per heavy atom. The van der Waals surface area contributed by atoms with Gasteiger partial charge in [0, 0.05) is 25.6 Å². The second kappa shape index (κ2) is 8.37. The number of sulfonamides is 1. The normalized spacial score (nSPS) is 22.4. The van der Waals surface area contributed by atoms with E-state index in [4.69, 9.17) is 4.74 Å². The lowest BCUT2D eigenvalue weighted by atomic mass is 9.95. The number of nitrogens with zero attached hydrogens (tertiary/aromatic N) is 2. The molecule has 8 nitrogen and oxygen atoms in total. The monoisotopic (exact) mass is 395 g/mol. The van der Waals surface area contributed by atoms with Crippen LogP contribution in [0.25, 0.3) is 0 Å². The van der Waals surface area contributed by atoms with Gasteiger partial charge < -0.3 is 15.0 Å². The van der Waals surface area contributed by atoms with E-state index in [1.54, 1.807) is 18.2 Å². The number of carbonyl (C=O) groups excluding carboxylic acids is 2. The second-order valence-corrected chi connectivity index (χ2v) is 8.71. The van der Waals surface area contributed by atoms with Crippen molar-refractivity contribution < 1.29 is 22.7 Å². The van der Waals surface area contributed by atoms with Gasteiger partial charge in [0.05, 0.1) is 12.0 Å². The van der Waals surface area contributed by atoms with Gasteiger partial charge >= 0.3 is 5.97 Å². The van der Waals surface area contributed by atoms with Crippen molar-refractivity contribution in [3.05, 3.63) is 30.3 Å². The van der Waals surface area contributed by atoms with E-state index >= 15 is 0 Å². The van der Waals surface area contributed by atoms with Crippen molar-refractivity contribution in [2.75, 3.05) is 39.8 Å². The molecule has 0 saturated carbocycles. The molecular weight excluding hydrogens is 370 g/mol. The van der Waals surface area contributed by atoms with Gasteiger partial charge in [-0.25, -0.2) is 13.2 Å². The highest BCUT2D eigenvalue weighted by molar-refractivity contribution is 7.89. The third-order valence-corrected chi connectivity index (χ3v) is 7.05. The van der Waals surface area contributed by atoms with Gasteiger partial charge in [-0.2, -0.15) is 4.31 Å². The predicted octanol–water partition coefficient (Wildman–Crippen LogP) is 0.0607. The molecule has 9 heteroatoms. The van der Waals surface area contributed by atoms with Crippen molar-refractivity contribution in [3.8, 4) is 0 Å². The minimum atomic E-state index is -3.73. The zero-order valence-corrected chi connectivity index (χ0v) is 16.2. The highest BCUT2D eigenvalue weighted by atomic mass is 32.2. The molecule has 2 aliphatic heterocycles. The first kappa shape index (κ1) is 19.8. The van der Waals surface area contributed by atoms with Crippen molar-refractivity contribution in [3.63, 3.8) is 0 Å². The molecule has 1 aromatic rings. The lowest BCUT2D eigenvalue weighted by Crippen LogP contribution is -2.60. The summed E-state index contributed by atoms with van der Waals surface area (Å²) < 4.78 is 31.9. The Bertz CT molecular complexity index is 777. The molecule has 3 rings (SSSR count). The molecule has 1 amide bonds. The molecule has 1 unspecified atom stereocenters. The number of piperazine rings is 1. The van der Waals surface area contributed by atoms with Crippen LogP contribution in [0.5, 0.6) is 0 Å². The SMILES string of the molecule is COC(=O)C1CN(S(=O)(=O)c2ccccc2)CCN1C(=O)C1CCNCC1. The Labute approximate surface area is 159 Å². The standard InChI is InChI=1S/C18H25N3O5S/c1-26-18(23)16-13-20(27(24,25)15-5-3-2-4-6-15)11-12-21(16)17(22)14-7-9-19-10-8-14/h2-6,14,16,19H,7-13H2,1H3. The summed E-state index contributed by atoms with van der Waals surface area (Å²) in [6.07, 6.45) is 1.44. The van der Waals surface area contributed by atoms with Crippen LogP contribution in [0.2, 0.25) is 0 Å². The Hall–Kier alpha value is -1.97. The average molecular weight is 395 g/mol. The zero-order chi connectivity index (χ0) is 19.4. The lowest BCUT2D eigenvalue weighted by molar-refractivity contribution is -0.157. The van der Waals surface area contributed by atoms with E-state index in [9.17, 15) is 18.0 Å². The lowest BCUT2D eigenvalue weighted by Gasteiger charge is -2.41. The highest BCUT2D eigenvalue weighted by Crippen LogP contribution is 2.24. The first-order valence-electron chi connectivity index (χ1n) is 9.09. The molecule has 2 saturated heterocycles. The van der Waals surface area contributed by atoms with Crippen molar-refractivity contribution in [1.82, 2.24) is 14.5 Å². The van der Waals surface area contributed by atoms with Crippen LogP contribution in [0.4, 0.5) is 0 Å². The van der Waals surface area contributed by atoms with Crippen molar-refractivity contribution in [1.29, 1.82) is 0 Å². The van der Waals surface area contributed by atoms with Gasteiger partial charge in [-0.3, -0.25) is 4.79 Å². The van der Waals surface area contributed by atoms with Gasteiger partial charge in [-0.05, 0) is 38.1 Å². The Morgan fingerprint density at radius 3 is 2.41 bits per heavy atom. The number of nitrogens with one attached hydrogen (secondary N) is 1. The van der Waals surface area contributed by atoms with Crippen LogP contribution in [-0.4, -0.2) is 75.4 Å². The molecule has 1 aromatic carbocycles. The fourth-order valence-electron chi connectivity index (χ4n) is 3.62. The largest absolute Gasteiger partial charge is 0.467 e. The summed E-state index contributed by atoms with van der Waals surface area (Å²) in [7, 11) is -2.48. The molecule has 2 heterocycles. The fourth-order valence-corrected chi connectivity index (χ4v) is 5.08. The fraction of sp³-hybridized carbons (Fsp3) is 0.556. The molecular formula is C18H25N3O5S. The molecule has 0 bridgehead atoms.